The van der Waals surface area contributed by atoms with E-state index in [1.54, 1.807) is 28.9 Å². The van der Waals surface area contributed by atoms with E-state index < -0.39 is 11.6 Å². The molecule has 4 rings (SSSR count). The number of β-amino-alcohol motifs (C(OH)–C–C–N with tert-alkyl or cyclic N) is 1. The molecule has 0 saturated carbocycles. The number of aromatic nitrogens is 2. The molecule has 2 fully saturated rings. The molecule has 2 amide bonds. The van der Waals surface area contributed by atoms with Gasteiger partial charge in [0.25, 0.3) is 5.91 Å². The van der Waals surface area contributed by atoms with E-state index in [1.807, 2.05) is 35.2 Å². The van der Waals surface area contributed by atoms with Gasteiger partial charge in [0.2, 0.25) is 5.91 Å². The first-order valence-electron chi connectivity index (χ1n) is 10.6. The molecule has 9 nitrogen and oxygen atoms in total. The lowest BCUT2D eigenvalue weighted by Gasteiger charge is -2.46. The molecular formula is C22H29N5O4. The van der Waals surface area contributed by atoms with Gasteiger partial charge in [-0.1, -0.05) is 30.3 Å². The van der Waals surface area contributed by atoms with Crippen molar-refractivity contribution in [3.63, 3.8) is 0 Å². The molecule has 2 aliphatic rings. The van der Waals surface area contributed by atoms with Crippen molar-refractivity contribution in [1.29, 1.82) is 0 Å². The van der Waals surface area contributed by atoms with Crippen molar-refractivity contribution in [2.24, 2.45) is 7.05 Å². The summed E-state index contributed by atoms with van der Waals surface area (Å²) >= 11 is 0. The highest BCUT2D eigenvalue weighted by Gasteiger charge is 2.45. The molecule has 9 heteroatoms. The van der Waals surface area contributed by atoms with Crippen molar-refractivity contribution in [3.05, 3.63) is 53.9 Å². The Labute approximate surface area is 181 Å². The van der Waals surface area contributed by atoms with Gasteiger partial charge in [0.05, 0.1) is 31.4 Å². The first-order chi connectivity index (χ1) is 15.0. The Morgan fingerprint density at radius 1 is 1.19 bits per heavy atom. The van der Waals surface area contributed by atoms with Crippen molar-refractivity contribution >= 4 is 11.8 Å². The van der Waals surface area contributed by atoms with Crippen LogP contribution >= 0.6 is 0 Å². The van der Waals surface area contributed by atoms with Crippen molar-refractivity contribution in [2.45, 2.75) is 18.1 Å². The van der Waals surface area contributed by atoms with Gasteiger partial charge in [0.15, 0.2) is 0 Å². The Morgan fingerprint density at radius 2 is 1.94 bits per heavy atom. The van der Waals surface area contributed by atoms with Gasteiger partial charge in [-0.2, -0.15) is 5.10 Å². The normalized spacial score (nSPS) is 24.7. The number of aliphatic hydroxyl groups is 1. The zero-order valence-electron chi connectivity index (χ0n) is 17.7. The standard InChI is InChI=1S/C22H29N5O4/c1-25-9-7-18(24-25)21(30)23-22(17-5-3-2-4-6-17)8-10-26(15-19(22)28)16-20(29)27-11-13-31-14-12-27/h2-7,9,19,28H,8,10-16H2,1H3,(H,23,30)/t19-,22+/m1/s1. The highest BCUT2D eigenvalue weighted by Crippen LogP contribution is 2.33. The number of benzene rings is 1. The summed E-state index contributed by atoms with van der Waals surface area (Å²) in [6.07, 6.45) is 1.31. The minimum absolute atomic E-state index is 0.0419. The average molecular weight is 428 g/mol. The number of nitrogens with one attached hydrogen (secondary N) is 1. The van der Waals surface area contributed by atoms with Crippen LogP contribution in [0.25, 0.3) is 0 Å². The second kappa shape index (κ2) is 9.17. The largest absolute Gasteiger partial charge is 0.389 e. The molecule has 3 heterocycles. The lowest BCUT2D eigenvalue weighted by molar-refractivity contribution is -0.137. The Morgan fingerprint density at radius 3 is 2.58 bits per heavy atom. The van der Waals surface area contributed by atoms with Crippen molar-refractivity contribution < 1.29 is 19.4 Å². The number of ether oxygens (including phenoxy) is 1. The van der Waals surface area contributed by atoms with E-state index in [0.29, 0.717) is 45.0 Å². The van der Waals surface area contributed by atoms with Crippen LogP contribution < -0.4 is 5.32 Å². The molecule has 0 radical (unpaired) electrons. The number of morpholine rings is 1. The Kier molecular flexibility index (Phi) is 6.35. The highest BCUT2D eigenvalue weighted by atomic mass is 16.5. The van der Waals surface area contributed by atoms with Crippen LogP contribution in [0.2, 0.25) is 0 Å². The molecule has 2 N–H and O–H groups in total. The predicted octanol–water partition coefficient (Wildman–Crippen LogP) is -0.0292. The summed E-state index contributed by atoms with van der Waals surface area (Å²) in [5.41, 5.74) is 0.190. The second-order valence-electron chi connectivity index (χ2n) is 8.16. The summed E-state index contributed by atoms with van der Waals surface area (Å²) in [5, 5.41) is 18.5. The number of rotatable bonds is 5. The molecule has 2 aromatic rings. The van der Waals surface area contributed by atoms with E-state index in [2.05, 4.69) is 10.4 Å². The third kappa shape index (κ3) is 4.63. The molecule has 0 spiro atoms. The number of hydrogen-bond acceptors (Lipinski definition) is 6. The van der Waals surface area contributed by atoms with Crippen LogP contribution in [0.3, 0.4) is 0 Å². The Hall–Kier alpha value is -2.75. The van der Waals surface area contributed by atoms with Gasteiger partial charge in [0.1, 0.15) is 5.69 Å². The lowest BCUT2D eigenvalue weighted by Crippen LogP contribution is -2.62. The molecular weight excluding hydrogens is 398 g/mol. The van der Waals surface area contributed by atoms with Crippen LogP contribution in [-0.4, -0.2) is 88.5 Å². The molecule has 2 aliphatic heterocycles. The van der Waals surface area contributed by atoms with Crippen LogP contribution in [0, 0.1) is 0 Å². The number of likely N-dealkylation sites (tertiary alicyclic amines) is 1. The van der Waals surface area contributed by atoms with Crippen LogP contribution in [0.4, 0.5) is 0 Å². The van der Waals surface area contributed by atoms with E-state index in [9.17, 15) is 14.7 Å². The highest BCUT2D eigenvalue weighted by molar-refractivity contribution is 5.92. The molecule has 2 atom stereocenters. The summed E-state index contributed by atoms with van der Waals surface area (Å²) in [5.74, 6) is -0.290. The van der Waals surface area contributed by atoms with Crippen LogP contribution in [-0.2, 0) is 22.1 Å². The fourth-order valence-electron chi connectivity index (χ4n) is 4.33. The fourth-order valence-corrected chi connectivity index (χ4v) is 4.33. The van der Waals surface area contributed by atoms with E-state index in [1.165, 1.54) is 0 Å². The van der Waals surface area contributed by atoms with Gasteiger partial charge in [-0.3, -0.25) is 19.2 Å². The number of aliphatic hydroxyl groups excluding tert-OH is 1. The molecule has 2 saturated heterocycles. The third-order valence-electron chi connectivity index (χ3n) is 6.12. The Bertz CT molecular complexity index is 912. The number of carbonyl (C=O) groups is 2. The van der Waals surface area contributed by atoms with Gasteiger partial charge < -0.3 is 20.1 Å². The summed E-state index contributed by atoms with van der Waals surface area (Å²) in [7, 11) is 1.75. The van der Waals surface area contributed by atoms with Crippen LogP contribution in [0.15, 0.2) is 42.6 Å². The van der Waals surface area contributed by atoms with E-state index in [-0.39, 0.29) is 24.9 Å². The number of hydrogen-bond donors (Lipinski definition) is 2. The maximum Gasteiger partial charge on any atom is 0.272 e. The summed E-state index contributed by atoms with van der Waals surface area (Å²) in [4.78, 5) is 29.3. The third-order valence-corrected chi connectivity index (χ3v) is 6.12. The quantitative estimate of drug-likeness (QED) is 0.695. The van der Waals surface area contributed by atoms with Gasteiger partial charge in [-0.25, -0.2) is 0 Å². The van der Waals surface area contributed by atoms with Gasteiger partial charge in [-0.15, -0.1) is 0 Å². The summed E-state index contributed by atoms with van der Waals surface area (Å²) in [6.45, 7) is 3.43. The van der Waals surface area contributed by atoms with E-state index in [4.69, 9.17) is 4.74 Å². The fraction of sp³-hybridized carbons (Fsp3) is 0.500. The van der Waals surface area contributed by atoms with Crippen molar-refractivity contribution in [3.8, 4) is 0 Å². The van der Waals surface area contributed by atoms with Crippen molar-refractivity contribution in [1.82, 2.24) is 24.9 Å². The van der Waals surface area contributed by atoms with Crippen LogP contribution in [0.1, 0.15) is 22.5 Å². The van der Waals surface area contributed by atoms with Gasteiger partial charge in [0, 0.05) is 39.4 Å². The molecule has 31 heavy (non-hydrogen) atoms. The van der Waals surface area contributed by atoms with Gasteiger partial charge in [-0.05, 0) is 18.1 Å². The number of aryl methyl sites for hydroxylation is 1. The van der Waals surface area contributed by atoms with E-state index in [0.717, 1.165) is 5.56 Å². The number of piperidine rings is 1. The number of nitrogens with zero attached hydrogens (tertiary/aromatic N) is 4. The molecule has 0 unspecified atom stereocenters. The summed E-state index contributed by atoms with van der Waals surface area (Å²) in [6, 6.07) is 11.2. The predicted molar refractivity (Wildman–Crippen MR) is 113 cm³/mol. The van der Waals surface area contributed by atoms with Crippen molar-refractivity contribution in [2.75, 3.05) is 45.9 Å². The second-order valence-corrected chi connectivity index (χ2v) is 8.16. The topological polar surface area (TPSA) is 99.9 Å². The first kappa shape index (κ1) is 21.5. The minimum Gasteiger partial charge on any atom is -0.389 e. The monoisotopic (exact) mass is 427 g/mol. The molecule has 0 aliphatic carbocycles. The minimum atomic E-state index is -0.950. The zero-order valence-corrected chi connectivity index (χ0v) is 17.7. The Balaban J connectivity index is 1.50. The molecule has 0 bridgehead atoms. The van der Waals surface area contributed by atoms with Crippen LogP contribution in [0.5, 0.6) is 0 Å². The van der Waals surface area contributed by atoms with E-state index >= 15 is 0 Å². The number of amides is 2. The average Bonchev–Trinajstić information content (AvgIpc) is 3.23. The maximum atomic E-state index is 12.9. The van der Waals surface area contributed by atoms with Gasteiger partial charge >= 0.3 is 0 Å². The molecule has 1 aromatic carbocycles. The number of carbonyl (C=O) groups excluding carboxylic acids is 2. The molecule has 1 aromatic heterocycles. The SMILES string of the molecule is Cn1ccc(C(=O)N[C@]2(c3ccccc3)CCN(CC(=O)N3CCOCC3)C[C@H]2O)n1. The molecule has 166 valence electrons. The summed E-state index contributed by atoms with van der Waals surface area (Å²) < 4.78 is 6.88. The maximum absolute atomic E-state index is 12.9. The first-order valence-corrected chi connectivity index (χ1v) is 10.6. The smallest absolute Gasteiger partial charge is 0.272 e. The zero-order chi connectivity index (χ0) is 21.8. The lowest BCUT2D eigenvalue weighted by atomic mass is 9.78.